The van der Waals surface area contributed by atoms with Crippen molar-refractivity contribution in [2.45, 2.75) is 33.1 Å². The van der Waals surface area contributed by atoms with Crippen LogP contribution in [0.2, 0.25) is 0 Å². The molecule has 0 fully saturated rings. The van der Waals surface area contributed by atoms with Crippen molar-refractivity contribution in [1.29, 1.82) is 0 Å². The van der Waals surface area contributed by atoms with Crippen molar-refractivity contribution in [2.75, 3.05) is 6.61 Å². The number of allylic oxidation sites excluding steroid dienone is 1. The number of phenolic OH excluding ortho intramolecular Hbond substituents is 1. The van der Waals surface area contributed by atoms with Crippen LogP contribution in [0.15, 0.2) is 54.6 Å². The smallest absolute Gasteiger partial charge is 0.298 e. The van der Waals surface area contributed by atoms with E-state index in [1.165, 1.54) is 12.8 Å². The largest absolute Gasteiger partial charge is 0.508 e. The van der Waals surface area contributed by atoms with Gasteiger partial charge < -0.3 is 14.6 Å². The van der Waals surface area contributed by atoms with Crippen LogP contribution in [0.1, 0.15) is 38.7 Å². The molecule has 4 nitrogen and oxygen atoms in total. The lowest BCUT2D eigenvalue weighted by Gasteiger charge is -2.05. The lowest BCUT2D eigenvalue weighted by molar-refractivity contribution is -0.120. The molecule has 2 aromatic rings. The van der Waals surface area contributed by atoms with E-state index in [2.05, 4.69) is 11.7 Å². The van der Waals surface area contributed by atoms with Gasteiger partial charge in [0.15, 0.2) is 0 Å². The first kappa shape index (κ1) is 20.3. The summed E-state index contributed by atoms with van der Waals surface area (Å²) in [5.74, 6) is 1.66. The minimum Gasteiger partial charge on any atom is -0.508 e. The molecule has 2 rings (SSSR count). The highest BCUT2D eigenvalue weighted by Crippen LogP contribution is 2.17. The van der Waals surface area contributed by atoms with Gasteiger partial charge in [-0.25, -0.2) is 0 Å². The molecule has 0 aromatic heterocycles. The summed E-state index contributed by atoms with van der Waals surface area (Å²) in [4.78, 5) is 10.0. The number of hydrogen-bond acceptors (Lipinski definition) is 4. The summed E-state index contributed by atoms with van der Waals surface area (Å²) in [6.07, 6.45) is 7.40. The van der Waals surface area contributed by atoms with E-state index in [1.54, 1.807) is 36.4 Å². The van der Waals surface area contributed by atoms with E-state index >= 15 is 0 Å². The average Bonchev–Trinajstić information content (AvgIpc) is 2.63. The van der Waals surface area contributed by atoms with Gasteiger partial charge in [0.05, 0.1) is 6.61 Å². The molecule has 0 aliphatic rings. The first-order chi connectivity index (χ1) is 12.2. The molecule has 0 saturated heterocycles. The fourth-order valence-corrected chi connectivity index (χ4v) is 1.99. The Kier molecular flexibility index (Phi) is 10.3. The number of ether oxygens (including phenoxy) is 2. The van der Waals surface area contributed by atoms with Crippen LogP contribution in [0.25, 0.3) is 6.08 Å². The van der Waals surface area contributed by atoms with Crippen molar-refractivity contribution in [2.24, 2.45) is 0 Å². The monoisotopic (exact) mass is 342 g/mol. The molecule has 0 saturated carbocycles. The second-order valence-corrected chi connectivity index (χ2v) is 5.33. The van der Waals surface area contributed by atoms with Crippen LogP contribution in [0.5, 0.6) is 17.2 Å². The summed E-state index contributed by atoms with van der Waals surface area (Å²) in [7, 11) is 0. The fourth-order valence-electron chi connectivity index (χ4n) is 1.99. The molecule has 25 heavy (non-hydrogen) atoms. The van der Waals surface area contributed by atoms with Gasteiger partial charge in [-0.2, -0.15) is 0 Å². The zero-order valence-electron chi connectivity index (χ0n) is 14.9. The normalized spacial score (nSPS) is 10.0. The predicted molar refractivity (Wildman–Crippen MR) is 101 cm³/mol. The maximum atomic E-state index is 10.0. The quantitative estimate of drug-likeness (QED) is 0.528. The van der Waals surface area contributed by atoms with Crippen LogP contribution < -0.4 is 9.47 Å². The Bertz CT molecular complexity index is 615. The number of benzene rings is 2. The van der Waals surface area contributed by atoms with Gasteiger partial charge in [-0.3, -0.25) is 4.79 Å². The van der Waals surface area contributed by atoms with Crippen LogP contribution >= 0.6 is 0 Å². The van der Waals surface area contributed by atoms with E-state index in [0.29, 0.717) is 18.0 Å². The molecule has 2 aromatic carbocycles. The Morgan fingerprint density at radius 2 is 1.60 bits per heavy atom. The Hall–Kier alpha value is -2.75. The first-order valence-electron chi connectivity index (χ1n) is 8.44. The second-order valence-electron chi connectivity index (χ2n) is 5.33. The zero-order chi connectivity index (χ0) is 18.3. The van der Waals surface area contributed by atoms with Crippen molar-refractivity contribution < 1.29 is 19.4 Å². The molecule has 0 heterocycles. The first-order valence-corrected chi connectivity index (χ1v) is 8.44. The van der Waals surface area contributed by atoms with Crippen LogP contribution in [0.3, 0.4) is 0 Å². The number of carbonyl (C=O) groups excluding carboxylic acids is 1. The van der Waals surface area contributed by atoms with Gasteiger partial charge >= 0.3 is 0 Å². The summed E-state index contributed by atoms with van der Waals surface area (Å²) in [5, 5.41) is 8.90. The van der Waals surface area contributed by atoms with Crippen molar-refractivity contribution in [3.63, 3.8) is 0 Å². The highest BCUT2D eigenvalue weighted by Gasteiger charge is 1.95. The summed E-state index contributed by atoms with van der Waals surface area (Å²) in [6.45, 7) is 5.28. The topological polar surface area (TPSA) is 55.8 Å². The standard InChI is InChI=1S/C12H16O3.C9H10O/c1-2-3-4-9-14-11-5-7-12(8-6-11)15-10-13;1-2-3-8-4-6-9(10)7-5-8/h5-8,10H,2-4,9H2,1H3;2-7,10H,1H3/b;3-2+. The minimum atomic E-state index is 0.313. The number of unbranched alkanes of at least 4 members (excludes halogenated alkanes) is 2. The van der Waals surface area contributed by atoms with Crippen molar-refractivity contribution in [3.8, 4) is 17.2 Å². The van der Waals surface area contributed by atoms with E-state index in [0.717, 1.165) is 24.3 Å². The van der Waals surface area contributed by atoms with E-state index in [4.69, 9.17) is 9.84 Å². The molecule has 0 bridgehead atoms. The molecule has 4 heteroatoms. The molecular formula is C21H26O4. The number of aromatic hydroxyl groups is 1. The Balaban J connectivity index is 0.000000271. The minimum absolute atomic E-state index is 0.313. The number of phenols is 1. The molecule has 0 spiro atoms. The molecule has 1 N–H and O–H groups in total. The van der Waals surface area contributed by atoms with E-state index in [-0.39, 0.29) is 0 Å². The van der Waals surface area contributed by atoms with E-state index < -0.39 is 0 Å². The van der Waals surface area contributed by atoms with Crippen molar-refractivity contribution in [1.82, 2.24) is 0 Å². The molecule has 134 valence electrons. The Labute approximate surface area is 149 Å². The fraction of sp³-hybridized carbons (Fsp3) is 0.286. The van der Waals surface area contributed by atoms with Crippen molar-refractivity contribution in [3.05, 3.63) is 60.2 Å². The van der Waals surface area contributed by atoms with E-state index in [1.807, 2.05) is 31.2 Å². The third-order valence-electron chi connectivity index (χ3n) is 3.28. The maximum absolute atomic E-state index is 10.0. The van der Waals surface area contributed by atoms with Gasteiger partial charge in [0, 0.05) is 0 Å². The molecule has 0 aliphatic carbocycles. The van der Waals surface area contributed by atoms with Gasteiger partial charge in [0.2, 0.25) is 0 Å². The van der Waals surface area contributed by atoms with Crippen LogP contribution in [-0.4, -0.2) is 18.2 Å². The molecule has 0 amide bonds. The molecule has 0 aliphatic heterocycles. The lowest BCUT2D eigenvalue weighted by atomic mass is 10.2. The maximum Gasteiger partial charge on any atom is 0.298 e. The highest BCUT2D eigenvalue weighted by atomic mass is 16.5. The lowest BCUT2D eigenvalue weighted by Crippen LogP contribution is -1.97. The van der Waals surface area contributed by atoms with Crippen LogP contribution in [0.4, 0.5) is 0 Å². The molecule has 0 radical (unpaired) electrons. The van der Waals surface area contributed by atoms with Gasteiger partial charge in [-0.1, -0.05) is 44.1 Å². The molecular weight excluding hydrogens is 316 g/mol. The Morgan fingerprint density at radius 1 is 0.960 bits per heavy atom. The summed E-state index contributed by atoms with van der Waals surface area (Å²) in [5.41, 5.74) is 1.11. The van der Waals surface area contributed by atoms with Crippen molar-refractivity contribution >= 4 is 12.5 Å². The Morgan fingerprint density at radius 3 is 2.16 bits per heavy atom. The number of rotatable bonds is 8. The molecule has 0 atom stereocenters. The number of hydrogen-bond donors (Lipinski definition) is 1. The second kappa shape index (κ2) is 12.6. The average molecular weight is 342 g/mol. The third-order valence-corrected chi connectivity index (χ3v) is 3.28. The highest BCUT2D eigenvalue weighted by molar-refractivity contribution is 5.49. The number of carbonyl (C=O) groups is 1. The third kappa shape index (κ3) is 9.20. The molecule has 0 unspecified atom stereocenters. The van der Waals surface area contributed by atoms with Gasteiger partial charge in [0.25, 0.3) is 6.47 Å². The van der Waals surface area contributed by atoms with E-state index in [9.17, 15) is 4.79 Å². The summed E-state index contributed by atoms with van der Waals surface area (Å²) in [6, 6.07) is 14.1. The summed E-state index contributed by atoms with van der Waals surface area (Å²) >= 11 is 0. The van der Waals surface area contributed by atoms with Gasteiger partial charge in [-0.15, -0.1) is 0 Å². The van der Waals surface area contributed by atoms with Gasteiger partial charge in [0.1, 0.15) is 17.2 Å². The van der Waals surface area contributed by atoms with Gasteiger partial charge in [-0.05, 0) is 55.3 Å². The predicted octanol–water partition coefficient (Wildman–Crippen LogP) is 5.22. The zero-order valence-corrected chi connectivity index (χ0v) is 14.9. The van der Waals surface area contributed by atoms with Crippen LogP contribution in [0, 0.1) is 0 Å². The van der Waals surface area contributed by atoms with Crippen LogP contribution in [-0.2, 0) is 4.79 Å². The summed E-state index contributed by atoms with van der Waals surface area (Å²) < 4.78 is 10.2. The SMILES string of the molecule is C/C=C/c1ccc(O)cc1.CCCCCOc1ccc(OC=O)cc1.